The molecule has 1 saturated heterocycles. The fourth-order valence-electron chi connectivity index (χ4n) is 3.12. The second-order valence-electron chi connectivity index (χ2n) is 6.22. The minimum atomic E-state index is 0.434. The van der Waals surface area contributed by atoms with Crippen molar-refractivity contribution in [3.8, 4) is 0 Å². The third-order valence-electron chi connectivity index (χ3n) is 4.33. The molecule has 0 aromatic heterocycles. The summed E-state index contributed by atoms with van der Waals surface area (Å²) in [6.45, 7) is 6.49. The number of benzene rings is 1. The molecule has 2 nitrogen and oxygen atoms in total. The lowest BCUT2D eigenvalue weighted by Crippen LogP contribution is -2.29. The maximum atomic E-state index is 5.93. The van der Waals surface area contributed by atoms with Gasteiger partial charge >= 0.3 is 0 Å². The molecular formula is C19H31NO. The molecule has 2 rings (SSSR count). The highest BCUT2D eigenvalue weighted by Gasteiger charge is 2.20. The normalized spacial score (nSPS) is 20.4. The Morgan fingerprint density at radius 3 is 2.57 bits per heavy atom. The minimum Gasteiger partial charge on any atom is -0.378 e. The van der Waals surface area contributed by atoms with E-state index in [2.05, 4.69) is 43.4 Å². The summed E-state index contributed by atoms with van der Waals surface area (Å²) >= 11 is 0. The van der Waals surface area contributed by atoms with Crippen LogP contribution in [0.15, 0.2) is 24.3 Å². The monoisotopic (exact) mass is 289 g/mol. The van der Waals surface area contributed by atoms with Crippen LogP contribution in [-0.2, 0) is 11.2 Å². The second-order valence-corrected chi connectivity index (χ2v) is 6.22. The predicted molar refractivity (Wildman–Crippen MR) is 89.7 cm³/mol. The minimum absolute atomic E-state index is 0.434. The van der Waals surface area contributed by atoms with Gasteiger partial charge in [-0.1, -0.05) is 44.5 Å². The highest BCUT2D eigenvalue weighted by Crippen LogP contribution is 2.25. The van der Waals surface area contributed by atoms with Gasteiger partial charge in [0.1, 0.15) is 0 Å². The topological polar surface area (TPSA) is 21.3 Å². The summed E-state index contributed by atoms with van der Waals surface area (Å²) in [6.07, 6.45) is 8.88. The molecular weight excluding hydrogens is 258 g/mol. The molecule has 1 aliphatic heterocycles. The Morgan fingerprint density at radius 1 is 1.14 bits per heavy atom. The lowest BCUT2D eigenvalue weighted by Gasteiger charge is -2.28. The summed E-state index contributed by atoms with van der Waals surface area (Å²) in [7, 11) is 0. The summed E-state index contributed by atoms with van der Waals surface area (Å²) in [5, 5.41) is 3.70. The fourth-order valence-corrected chi connectivity index (χ4v) is 3.12. The summed E-state index contributed by atoms with van der Waals surface area (Å²) in [4.78, 5) is 0. The molecule has 1 heterocycles. The van der Waals surface area contributed by atoms with Crippen molar-refractivity contribution in [3.63, 3.8) is 0 Å². The van der Waals surface area contributed by atoms with E-state index in [0.29, 0.717) is 12.1 Å². The molecule has 1 N–H and O–H groups in total. The van der Waals surface area contributed by atoms with Crippen molar-refractivity contribution < 1.29 is 4.74 Å². The van der Waals surface area contributed by atoms with E-state index < -0.39 is 0 Å². The van der Waals surface area contributed by atoms with Crippen LogP contribution in [0.4, 0.5) is 0 Å². The van der Waals surface area contributed by atoms with Crippen molar-refractivity contribution in [2.24, 2.45) is 0 Å². The number of hydrogen-bond acceptors (Lipinski definition) is 2. The lowest BCUT2D eigenvalue weighted by molar-refractivity contribution is 0.00505. The molecule has 0 saturated carbocycles. The van der Waals surface area contributed by atoms with Gasteiger partial charge in [-0.15, -0.1) is 0 Å². The van der Waals surface area contributed by atoms with Gasteiger partial charge in [-0.3, -0.25) is 0 Å². The van der Waals surface area contributed by atoms with Crippen molar-refractivity contribution in [1.29, 1.82) is 0 Å². The van der Waals surface area contributed by atoms with E-state index >= 15 is 0 Å². The average molecular weight is 289 g/mol. The van der Waals surface area contributed by atoms with Crippen molar-refractivity contribution in [3.05, 3.63) is 35.4 Å². The summed E-state index contributed by atoms with van der Waals surface area (Å²) in [6, 6.07) is 9.63. The van der Waals surface area contributed by atoms with Gasteiger partial charge in [0.2, 0.25) is 0 Å². The molecule has 1 aromatic rings. The van der Waals surface area contributed by atoms with Gasteiger partial charge in [0.25, 0.3) is 0 Å². The van der Waals surface area contributed by atoms with Gasteiger partial charge in [0.05, 0.1) is 6.10 Å². The maximum Gasteiger partial charge on any atom is 0.0593 e. The van der Waals surface area contributed by atoms with Crippen LogP contribution in [0.2, 0.25) is 0 Å². The standard InChI is InChI=1S/C19H31NO/c1-3-7-16-9-11-17(12-10-16)19(20-13-4-2)15-18-8-5-6-14-21-18/h9-12,18-20H,3-8,13-15H2,1-2H3. The number of hydrogen-bond donors (Lipinski definition) is 1. The molecule has 2 unspecified atom stereocenters. The van der Waals surface area contributed by atoms with Crippen molar-refractivity contribution >= 4 is 0 Å². The van der Waals surface area contributed by atoms with Crippen LogP contribution in [0, 0.1) is 0 Å². The van der Waals surface area contributed by atoms with Gasteiger partial charge in [0.15, 0.2) is 0 Å². The molecule has 1 aromatic carbocycles. The number of rotatable bonds is 8. The van der Waals surface area contributed by atoms with E-state index in [0.717, 1.165) is 19.6 Å². The fraction of sp³-hybridized carbons (Fsp3) is 0.684. The maximum absolute atomic E-state index is 5.93. The quantitative estimate of drug-likeness (QED) is 0.753. The largest absolute Gasteiger partial charge is 0.378 e. The molecule has 0 radical (unpaired) electrons. The Balaban J connectivity index is 1.99. The first-order chi connectivity index (χ1) is 10.3. The van der Waals surface area contributed by atoms with Crippen LogP contribution in [0.1, 0.15) is 69.5 Å². The predicted octanol–water partition coefficient (Wildman–Crippen LogP) is 4.64. The Hall–Kier alpha value is -0.860. The zero-order chi connectivity index (χ0) is 14.9. The molecule has 0 spiro atoms. The van der Waals surface area contributed by atoms with E-state index in [9.17, 15) is 0 Å². The summed E-state index contributed by atoms with van der Waals surface area (Å²) in [5.74, 6) is 0. The number of ether oxygens (including phenoxy) is 1. The first-order valence-corrected chi connectivity index (χ1v) is 8.77. The Bertz CT molecular complexity index is 381. The number of aryl methyl sites for hydroxylation is 1. The highest BCUT2D eigenvalue weighted by atomic mass is 16.5. The molecule has 2 heteroatoms. The van der Waals surface area contributed by atoms with Gasteiger partial charge in [-0.25, -0.2) is 0 Å². The Morgan fingerprint density at radius 2 is 1.95 bits per heavy atom. The van der Waals surface area contributed by atoms with Crippen molar-refractivity contribution in [2.75, 3.05) is 13.2 Å². The SMILES string of the molecule is CCCNC(CC1CCCCO1)c1ccc(CCC)cc1. The van der Waals surface area contributed by atoms with Crippen molar-refractivity contribution in [2.45, 2.75) is 70.9 Å². The van der Waals surface area contributed by atoms with E-state index in [4.69, 9.17) is 4.74 Å². The van der Waals surface area contributed by atoms with Crippen molar-refractivity contribution in [1.82, 2.24) is 5.32 Å². The zero-order valence-electron chi connectivity index (χ0n) is 13.7. The third-order valence-corrected chi connectivity index (χ3v) is 4.33. The molecule has 1 aliphatic rings. The van der Waals surface area contributed by atoms with Crippen LogP contribution in [0.3, 0.4) is 0 Å². The van der Waals surface area contributed by atoms with E-state index in [1.165, 1.54) is 49.7 Å². The first-order valence-electron chi connectivity index (χ1n) is 8.77. The third kappa shape index (κ3) is 5.44. The van der Waals surface area contributed by atoms with E-state index in [-0.39, 0.29) is 0 Å². The Labute approximate surface area is 130 Å². The molecule has 0 aliphatic carbocycles. The van der Waals surface area contributed by atoms with Crippen LogP contribution >= 0.6 is 0 Å². The Kier molecular flexibility index (Phi) is 7.25. The van der Waals surface area contributed by atoms with Crippen LogP contribution < -0.4 is 5.32 Å². The van der Waals surface area contributed by atoms with Gasteiger partial charge in [0, 0.05) is 12.6 Å². The van der Waals surface area contributed by atoms with E-state index in [1.54, 1.807) is 0 Å². The average Bonchev–Trinajstić information content (AvgIpc) is 2.53. The molecule has 0 bridgehead atoms. The second kappa shape index (κ2) is 9.22. The number of nitrogens with one attached hydrogen (secondary N) is 1. The molecule has 2 atom stereocenters. The molecule has 0 amide bonds. The van der Waals surface area contributed by atoms with Gasteiger partial charge < -0.3 is 10.1 Å². The van der Waals surface area contributed by atoms with Crippen LogP contribution in [-0.4, -0.2) is 19.3 Å². The summed E-state index contributed by atoms with van der Waals surface area (Å²) < 4.78 is 5.93. The van der Waals surface area contributed by atoms with Gasteiger partial charge in [-0.05, 0) is 56.2 Å². The van der Waals surface area contributed by atoms with Gasteiger partial charge in [-0.2, -0.15) is 0 Å². The zero-order valence-corrected chi connectivity index (χ0v) is 13.7. The van der Waals surface area contributed by atoms with Crippen LogP contribution in [0.25, 0.3) is 0 Å². The molecule has 1 fully saturated rings. The van der Waals surface area contributed by atoms with E-state index in [1.807, 2.05) is 0 Å². The van der Waals surface area contributed by atoms with Crippen LogP contribution in [0.5, 0.6) is 0 Å². The summed E-state index contributed by atoms with van der Waals surface area (Å²) in [5.41, 5.74) is 2.86. The smallest absolute Gasteiger partial charge is 0.0593 e. The lowest BCUT2D eigenvalue weighted by atomic mass is 9.95. The first kappa shape index (κ1) is 16.5. The highest BCUT2D eigenvalue weighted by molar-refractivity contribution is 5.25. The molecule has 118 valence electrons. The molecule has 21 heavy (non-hydrogen) atoms.